The standard InChI is InChI=1S/C12H17N3O8/c16-8-7(23-11(19)10(18)9(8)17)6-22-5-1-3-14-4-2-13-12(14)15(20)21/h1-4,7-11,16-19H,5-6H2/b3-1+/t7-,8-,9+,10-,11?/m1/s1. The van der Waals surface area contributed by atoms with Crippen molar-refractivity contribution in [2.75, 3.05) is 13.2 Å². The number of nitrogens with zero attached hydrogens (tertiary/aromatic N) is 3. The molecule has 0 aromatic carbocycles. The fourth-order valence-electron chi connectivity index (χ4n) is 2.04. The molecule has 2 rings (SSSR count). The zero-order chi connectivity index (χ0) is 17.0. The Morgan fingerprint density at radius 1 is 1.35 bits per heavy atom. The first-order chi connectivity index (χ1) is 10.9. The summed E-state index contributed by atoms with van der Waals surface area (Å²) in [7, 11) is 0. The van der Waals surface area contributed by atoms with Gasteiger partial charge >= 0.3 is 5.95 Å². The van der Waals surface area contributed by atoms with Gasteiger partial charge in [-0.25, -0.2) is 4.57 Å². The van der Waals surface area contributed by atoms with Crippen molar-refractivity contribution < 1.29 is 34.8 Å². The second-order valence-corrected chi connectivity index (χ2v) is 4.85. The Hall–Kier alpha value is -1.89. The van der Waals surface area contributed by atoms with Crippen LogP contribution >= 0.6 is 0 Å². The highest BCUT2D eigenvalue weighted by Crippen LogP contribution is 2.20. The predicted octanol–water partition coefficient (Wildman–Crippen LogP) is -1.92. The van der Waals surface area contributed by atoms with E-state index in [1.165, 1.54) is 29.2 Å². The number of hydrogen-bond acceptors (Lipinski definition) is 9. The van der Waals surface area contributed by atoms with Crippen LogP contribution in [0.5, 0.6) is 0 Å². The SMILES string of the molecule is O=[N+]([O-])c1nccn1/C=C/COC[C@H]1OC(O)[C@H](O)[C@@H](O)[C@@H]1O. The first-order valence-electron chi connectivity index (χ1n) is 6.71. The third-order valence-corrected chi connectivity index (χ3v) is 3.26. The summed E-state index contributed by atoms with van der Waals surface area (Å²) in [6.07, 6.45) is -1.64. The summed E-state index contributed by atoms with van der Waals surface area (Å²) in [6, 6.07) is 0. The molecule has 11 heteroatoms. The molecule has 1 aliphatic heterocycles. The lowest BCUT2D eigenvalue weighted by Gasteiger charge is -2.38. The quantitative estimate of drug-likeness (QED) is 0.264. The number of aliphatic hydroxyl groups is 4. The third-order valence-electron chi connectivity index (χ3n) is 3.26. The van der Waals surface area contributed by atoms with Gasteiger partial charge in [0.15, 0.2) is 6.29 Å². The van der Waals surface area contributed by atoms with E-state index in [1.807, 2.05) is 0 Å². The molecule has 11 nitrogen and oxygen atoms in total. The van der Waals surface area contributed by atoms with Gasteiger partial charge in [-0.1, -0.05) is 4.98 Å². The average Bonchev–Trinajstić information content (AvgIpc) is 2.98. The van der Waals surface area contributed by atoms with E-state index in [4.69, 9.17) is 9.47 Å². The summed E-state index contributed by atoms with van der Waals surface area (Å²) >= 11 is 0. The summed E-state index contributed by atoms with van der Waals surface area (Å²) in [6.45, 7) is -0.116. The molecule has 2 heterocycles. The number of aromatic nitrogens is 2. The van der Waals surface area contributed by atoms with Gasteiger partial charge in [-0.2, -0.15) is 0 Å². The largest absolute Gasteiger partial charge is 0.439 e. The zero-order valence-corrected chi connectivity index (χ0v) is 11.9. The van der Waals surface area contributed by atoms with Gasteiger partial charge < -0.3 is 40.0 Å². The van der Waals surface area contributed by atoms with E-state index < -0.39 is 35.6 Å². The second-order valence-electron chi connectivity index (χ2n) is 4.85. The number of imidazole rings is 1. The smallest absolute Gasteiger partial charge is 0.390 e. The molecule has 0 aliphatic carbocycles. The molecule has 23 heavy (non-hydrogen) atoms. The van der Waals surface area contributed by atoms with Crippen LogP contribution in [0, 0.1) is 10.1 Å². The molecule has 5 atom stereocenters. The van der Waals surface area contributed by atoms with E-state index in [2.05, 4.69) is 4.98 Å². The lowest BCUT2D eigenvalue weighted by atomic mass is 9.99. The van der Waals surface area contributed by atoms with Crippen LogP contribution in [0.2, 0.25) is 0 Å². The highest BCUT2D eigenvalue weighted by Gasteiger charge is 2.42. The third kappa shape index (κ3) is 4.10. The van der Waals surface area contributed by atoms with E-state index in [0.29, 0.717) is 0 Å². The van der Waals surface area contributed by atoms with Gasteiger partial charge in [0.1, 0.15) is 36.8 Å². The minimum Gasteiger partial charge on any atom is -0.390 e. The topological polar surface area (TPSA) is 160 Å². The molecule has 0 bridgehead atoms. The van der Waals surface area contributed by atoms with Gasteiger partial charge in [-0.15, -0.1) is 0 Å². The molecule has 4 N–H and O–H groups in total. The Morgan fingerprint density at radius 3 is 2.78 bits per heavy atom. The maximum absolute atomic E-state index is 10.6. The van der Waals surface area contributed by atoms with Crippen molar-refractivity contribution in [2.24, 2.45) is 0 Å². The second kappa shape index (κ2) is 7.59. The molecule has 1 unspecified atom stereocenters. The molecule has 128 valence electrons. The van der Waals surface area contributed by atoms with Crippen molar-refractivity contribution in [1.82, 2.24) is 9.55 Å². The first kappa shape index (κ1) is 17.5. The van der Waals surface area contributed by atoms with Crippen LogP contribution in [-0.4, -0.2) is 78.8 Å². The van der Waals surface area contributed by atoms with Gasteiger partial charge in [0.25, 0.3) is 0 Å². The molecular formula is C12H17N3O8. The summed E-state index contributed by atoms with van der Waals surface area (Å²) in [5.74, 6) is -0.340. The Labute approximate surface area is 130 Å². The molecule has 1 fully saturated rings. The van der Waals surface area contributed by atoms with Crippen molar-refractivity contribution in [2.45, 2.75) is 30.7 Å². The van der Waals surface area contributed by atoms with Crippen molar-refractivity contribution in [3.63, 3.8) is 0 Å². The number of rotatable bonds is 6. The Bertz CT molecular complexity index is 562. The minimum atomic E-state index is -1.62. The normalized spacial score (nSPS) is 31.6. The van der Waals surface area contributed by atoms with E-state index in [0.717, 1.165) is 0 Å². The monoisotopic (exact) mass is 331 g/mol. The molecule has 1 aromatic rings. The molecule has 0 spiro atoms. The van der Waals surface area contributed by atoms with Crippen molar-refractivity contribution in [1.29, 1.82) is 0 Å². The van der Waals surface area contributed by atoms with Gasteiger partial charge in [-0.05, 0) is 11.0 Å². The summed E-state index contributed by atoms with van der Waals surface area (Å²) in [4.78, 5) is 13.6. The lowest BCUT2D eigenvalue weighted by molar-refractivity contribution is -0.395. The zero-order valence-electron chi connectivity index (χ0n) is 11.9. The Balaban J connectivity index is 1.80. The van der Waals surface area contributed by atoms with Crippen LogP contribution in [0.15, 0.2) is 18.5 Å². The molecule has 1 aliphatic rings. The maximum atomic E-state index is 10.6. The van der Waals surface area contributed by atoms with E-state index in [9.17, 15) is 30.5 Å². The van der Waals surface area contributed by atoms with Crippen LogP contribution in [0.1, 0.15) is 0 Å². The van der Waals surface area contributed by atoms with Gasteiger partial charge in [0, 0.05) is 0 Å². The highest BCUT2D eigenvalue weighted by molar-refractivity contribution is 5.30. The summed E-state index contributed by atoms with van der Waals surface area (Å²) < 4.78 is 11.3. The molecule has 1 saturated heterocycles. The van der Waals surface area contributed by atoms with Crippen LogP contribution in [0.3, 0.4) is 0 Å². The fraction of sp³-hybridized carbons (Fsp3) is 0.583. The van der Waals surface area contributed by atoms with Crippen molar-refractivity contribution in [3.8, 4) is 0 Å². The van der Waals surface area contributed by atoms with Crippen LogP contribution in [0.25, 0.3) is 6.20 Å². The van der Waals surface area contributed by atoms with Crippen molar-refractivity contribution in [3.05, 3.63) is 28.6 Å². The Kier molecular flexibility index (Phi) is 5.76. The molecule has 1 aromatic heterocycles. The predicted molar refractivity (Wildman–Crippen MR) is 73.9 cm³/mol. The first-order valence-corrected chi connectivity index (χ1v) is 6.71. The highest BCUT2D eigenvalue weighted by atomic mass is 16.6. The number of aliphatic hydroxyl groups excluding tert-OH is 4. The molecule has 0 radical (unpaired) electrons. The maximum Gasteiger partial charge on any atom is 0.439 e. The van der Waals surface area contributed by atoms with E-state index in [1.54, 1.807) is 0 Å². The average molecular weight is 331 g/mol. The van der Waals surface area contributed by atoms with E-state index in [-0.39, 0.29) is 19.2 Å². The lowest BCUT2D eigenvalue weighted by Crippen LogP contribution is -2.58. The fourth-order valence-corrected chi connectivity index (χ4v) is 2.04. The van der Waals surface area contributed by atoms with Gasteiger partial charge in [-0.3, -0.25) is 0 Å². The molecular weight excluding hydrogens is 314 g/mol. The molecule has 0 saturated carbocycles. The van der Waals surface area contributed by atoms with Crippen LogP contribution < -0.4 is 0 Å². The number of nitro groups is 1. The van der Waals surface area contributed by atoms with Crippen LogP contribution in [0.4, 0.5) is 5.95 Å². The Morgan fingerprint density at radius 2 is 2.09 bits per heavy atom. The number of hydrogen-bond donors (Lipinski definition) is 4. The summed E-state index contributed by atoms with van der Waals surface area (Å²) in [5, 5.41) is 48.5. The molecule has 0 amide bonds. The van der Waals surface area contributed by atoms with Crippen molar-refractivity contribution >= 4 is 12.1 Å². The summed E-state index contributed by atoms with van der Waals surface area (Å²) in [5.41, 5.74) is 0. The van der Waals surface area contributed by atoms with Crippen LogP contribution in [-0.2, 0) is 9.47 Å². The van der Waals surface area contributed by atoms with E-state index >= 15 is 0 Å². The minimum absolute atomic E-state index is 0.0384. The van der Waals surface area contributed by atoms with Gasteiger partial charge in [0.05, 0.1) is 19.4 Å². The van der Waals surface area contributed by atoms with Gasteiger partial charge in [0.2, 0.25) is 0 Å². The number of ether oxygens (including phenoxy) is 2.